The van der Waals surface area contributed by atoms with Crippen LogP contribution < -0.4 is 10.2 Å². The Hall–Kier alpha value is -3.24. The van der Waals surface area contributed by atoms with Gasteiger partial charge in [-0.1, -0.05) is 64.8 Å². The Labute approximate surface area is 212 Å². The van der Waals surface area contributed by atoms with E-state index in [4.69, 9.17) is 23.2 Å². The summed E-state index contributed by atoms with van der Waals surface area (Å²) < 4.78 is 0. The molecule has 2 amide bonds. The number of nitriles is 1. The van der Waals surface area contributed by atoms with E-state index in [0.29, 0.717) is 32.9 Å². The smallest absolute Gasteiger partial charge is 0.269 e. The summed E-state index contributed by atoms with van der Waals surface area (Å²) in [6, 6.07) is 23.3. The summed E-state index contributed by atoms with van der Waals surface area (Å²) in [5, 5.41) is 13.6. The Kier molecular flexibility index (Phi) is 7.28. The van der Waals surface area contributed by atoms with Gasteiger partial charge in [0, 0.05) is 21.4 Å². The molecule has 34 heavy (non-hydrogen) atoms. The minimum Gasteiger partial charge on any atom is -0.321 e. The average molecular weight is 508 g/mol. The van der Waals surface area contributed by atoms with Gasteiger partial charge in [0.2, 0.25) is 5.91 Å². The number of aryl methyl sites for hydroxylation is 1. The highest BCUT2D eigenvalue weighted by molar-refractivity contribution is 8.05. The van der Waals surface area contributed by atoms with Gasteiger partial charge in [-0.15, -0.1) is 0 Å². The number of nitrogens with one attached hydrogen (secondary N) is 1. The lowest BCUT2D eigenvalue weighted by molar-refractivity contribution is -0.117. The lowest BCUT2D eigenvalue weighted by atomic mass is 10.1. The first-order chi connectivity index (χ1) is 16.4. The molecule has 4 rings (SSSR count). The van der Waals surface area contributed by atoms with Crippen LogP contribution in [0.2, 0.25) is 10.0 Å². The topological polar surface area (TPSA) is 73.2 Å². The second-order valence-corrected chi connectivity index (χ2v) is 9.76. The summed E-state index contributed by atoms with van der Waals surface area (Å²) in [6.07, 6.45) is 0.435. The van der Waals surface area contributed by atoms with Gasteiger partial charge in [0.25, 0.3) is 5.91 Å². The molecule has 0 saturated carbocycles. The molecule has 1 fully saturated rings. The van der Waals surface area contributed by atoms with Crippen molar-refractivity contribution in [3.8, 4) is 6.07 Å². The zero-order valence-electron chi connectivity index (χ0n) is 18.1. The second-order valence-electron chi connectivity index (χ2n) is 7.70. The van der Waals surface area contributed by atoms with Crippen LogP contribution in [0.25, 0.3) is 0 Å². The molecule has 0 radical (unpaired) electrons. The Bertz CT molecular complexity index is 1300. The Morgan fingerprint density at radius 1 is 1.00 bits per heavy atom. The maximum absolute atomic E-state index is 13.5. The summed E-state index contributed by atoms with van der Waals surface area (Å²) in [5.41, 5.74) is 2.93. The Morgan fingerprint density at radius 2 is 1.59 bits per heavy atom. The van der Waals surface area contributed by atoms with Gasteiger partial charge in [0.15, 0.2) is 0 Å². The molecule has 1 atom stereocenters. The lowest BCUT2D eigenvalue weighted by Crippen LogP contribution is -2.30. The highest BCUT2D eigenvalue weighted by atomic mass is 35.5. The third-order valence-electron chi connectivity index (χ3n) is 5.23. The van der Waals surface area contributed by atoms with Crippen LogP contribution in [0.4, 0.5) is 11.4 Å². The van der Waals surface area contributed by atoms with E-state index >= 15 is 0 Å². The van der Waals surface area contributed by atoms with Crippen molar-refractivity contribution < 1.29 is 9.59 Å². The molecule has 1 unspecified atom stereocenters. The van der Waals surface area contributed by atoms with Crippen molar-refractivity contribution in [1.82, 2.24) is 0 Å². The van der Waals surface area contributed by atoms with E-state index in [1.165, 1.54) is 16.7 Å². The van der Waals surface area contributed by atoms with Crippen LogP contribution in [0.1, 0.15) is 11.1 Å². The number of thioether (sulfide) groups is 1. The first-order valence-corrected chi connectivity index (χ1v) is 12.0. The van der Waals surface area contributed by atoms with Crippen molar-refractivity contribution in [1.29, 1.82) is 5.26 Å². The summed E-state index contributed by atoms with van der Waals surface area (Å²) in [4.78, 5) is 28.0. The standard InChI is InChI=1S/C26H19Cl2N3O2S/c1-16-2-12-21(13-3-16)31-25(33)23(14-17-4-6-18(27)7-5-17)34-26(31)22(15-29)24(32)30-20-10-8-19(28)9-11-20/h2-13,23H,14H2,1H3,(H,30,32). The number of anilines is 2. The molecular weight excluding hydrogens is 489 g/mol. The number of carbonyl (C=O) groups excluding carboxylic acids is 2. The molecule has 3 aromatic rings. The molecule has 1 saturated heterocycles. The highest BCUT2D eigenvalue weighted by Gasteiger charge is 2.40. The van der Waals surface area contributed by atoms with Crippen LogP contribution in [-0.4, -0.2) is 17.1 Å². The van der Waals surface area contributed by atoms with Crippen LogP contribution in [0.3, 0.4) is 0 Å². The van der Waals surface area contributed by atoms with Gasteiger partial charge in [0.1, 0.15) is 16.7 Å². The predicted octanol–water partition coefficient (Wildman–Crippen LogP) is 6.37. The molecule has 3 aromatic carbocycles. The molecule has 1 heterocycles. The number of hydrogen-bond donors (Lipinski definition) is 1. The SMILES string of the molecule is Cc1ccc(N2C(=O)C(Cc3ccc(Cl)cc3)SC2=C(C#N)C(=O)Nc2ccc(Cl)cc2)cc1. The Balaban J connectivity index is 1.71. The molecule has 0 aromatic heterocycles. The van der Waals surface area contributed by atoms with E-state index in [9.17, 15) is 14.9 Å². The number of rotatable bonds is 5. The fourth-order valence-corrected chi connectivity index (χ4v) is 5.04. The zero-order chi connectivity index (χ0) is 24.2. The molecular formula is C26H19Cl2N3O2S. The minimum absolute atomic E-state index is 0.132. The van der Waals surface area contributed by atoms with Gasteiger partial charge >= 0.3 is 0 Å². The number of halogens is 2. The zero-order valence-corrected chi connectivity index (χ0v) is 20.4. The summed E-state index contributed by atoms with van der Waals surface area (Å²) >= 11 is 13.1. The van der Waals surface area contributed by atoms with Crippen LogP contribution in [0.5, 0.6) is 0 Å². The molecule has 1 aliphatic heterocycles. The van der Waals surface area contributed by atoms with Crippen LogP contribution in [-0.2, 0) is 16.0 Å². The van der Waals surface area contributed by atoms with Gasteiger partial charge in [0.05, 0.1) is 5.25 Å². The molecule has 1 N–H and O–H groups in total. The van der Waals surface area contributed by atoms with E-state index in [-0.39, 0.29) is 11.5 Å². The van der Waals surface area contributed by atoms with Crippen LogP contribution >= 0.6 is 35.0 Å². The third-order valence-corrected chi connectivity index (χ3v) is 7.00. The van der Waals surface area contributed by atoms with Crippen molar-refractivity contribution in [3.05, 3.63) is 105 Å². The largest absolute Gasteiger partial charge is 0.321 e. The molecule has 5 nitrogen and oxygen atoms in total. The number of amides is 2. The summed E-state index contributed by atoms with van der Waals surface area (Å²) in [7, 11) is 0. The molecule has 170 valence electrons. The van der Waals surface area contributed by atoms with Gasteiger partial charge in [-0.2, -0.15) is 5.26 Å². The van der Waals surface area contributed by atoms with Crippen molar-refractivity contribution in [3.63, 3.8) is 0 Å². The van der Waals surface area contributed by atoms with Crippen molar-refractivity contribution in [2.75, 3.05) is 10.2 Å². The van der Waals surface area contributed by atoms with Crippen molar-refractivity contribution in [2.24, 2.45) is 0 Å². The van der Waals surface area contributed by atoms with E-state index in [1.54, 1.807) is 36.4 Å². The van der Waals surface area contributed by atoms with Gasteiger partial charge in [-0.05, 0) is 67.4 Å². The van der Waals surface area contributed by atoms with Crippen LogP contribution in [0, 0.1) is 18.3 Å². The average Bonchev–Trinajstić information content (AvgIpc) is 3.13. The second kappa shape index (κ2) is 10.4. The third kappa shape index (κ3) is 5.28. The van der Waals surface area contributed by atoms with E-state index < -0.39 is 11.2 Å². The monoisotopic (exact) mass is 507 g/mol. The summed E-state index contributed by atoms with van der Waals surface area (Å²) in [5.74, 6) is -0.782. The van der Waals surface area contributed by atoms with E-state index in [1.807, 2.05) is 49.4 Å². The number of benzene rings is 3. The van der Waals surface area contributed by atoms with Crippen molar-refractivity contribution >= 4 is 58.2 Å². The minimum atomic E-state index is -0.593. The molecule has 0 spiro atoms. The number of hydrogen-bond acceptors (Lipinski definition) is 4. The van der Waals surface area contributed by atoms with Gasteiger partial charge in [-0.3, -0.25) is 14.5 Å². The number of carbonyl (C=O) groups is 2. The van der Waals surface area contributed by atoms with Gasteiger partial charge < -0.3 is 5.32 Å². The normalized spacial score (nSPS) is 16.8. The molecule has 0 aliphatic carbocycles. The number of nitrogens with zero attached hydrogens (tertiary/aromatic N) is 2. The quantitative estimate of drug-likeness (QED) is 0.321. The fraction of sp³-hybridized carbons (Fsp3) is 0.115. The van der Waals surface area contributed by atoms with E-state index in [2.05, 4.69) is 5.32 Å². The highest BCUT2D eigenvalue weighted by Crippen LogP contribution is 2.42. The molecule has 1 aliphatic rings. The van der Waals surface area contributed by atoms with E-state index in [0.717, 1.165) is 11.1 Å². The molecule has 8 heteroatoms. The maximum Gasteiger partial charge on any atom is 0.269 e. The fourth-order valence-electron chi connectivity index (χ4n) is 3.48. The van der Waals surface area contributed by atoms with Gasteiger partial charge in [-0.25, -0.2) is 0 Å². The van der Waals surface area contributed by atoms with Crippen LogP contribution in [0.15, 0.2) is 83.4 Å². The molecule has 0 bridgehead atoms. The van der Waals surface area contributed by atoms with Crippen molar-refractivity contribution in [2.45, 2.75) is 18.6 Å². The first kappa shape index (κ1) is 23.9. The predicted molar refractivity (Wildman–Crippen MR) is 138 cm³/mol. The summed E-state index contributed by atoms with van der Waals surface area (Å²) in [6.45, 7) is 1.95. The first-order valence-electron chi connectivity index (χ1n) is 10.4. The lowest BCUT2D eigenvalue weighted by Gasteiger charge is -2.19. The maximum atomic E-state index is 13.5. The Morgan fingerprint density at radius 3 is 2.18 bits per heavy atom.